The van der Waals surface area contributed by atoms with Crippen molar-refractivity contribution in [2.75, 3.05) is 0 Å². The normalized spacial score (nSPS) is 27.5. The van der Waals surface area contributed by atoms with Crippen LogP contribution in [0.4, 0.5) is 13.2 Å². The van der Waals surface area contributed by atoms with Crippen LogP contribution in [0.2, 0.25) is 0 Å². The molecule has 0 radical (unpaired) electrons. The molecule has 1 rings (SSSR count). The Morgan fingerprint density at radius 2 is 1.88 bits per heavy atom. The van der Waals surface area contributed by atoms with Crippen molar-refractivity contribution in [2.24, 2.45) is 5.92 Å². The second-order valence-electron chi connectivity index (χ2n) is 4.76. The van der Waals surface area contributed by atoms with Gasteiger partial charge in [-0.1, -0.05) is 19.3 Å². The van der Waals surface area contributed by atoms with E-state index in [4.69, 9.17) is 6.42 Å². The molecular formula is C13H20F3N. The lowest BCUT2D eigenvalue weighted by atomic mass is 9.85. The summed E-state index contributed by atoms with van der Waals surface area (Å²) in [4.78, 5) is 0. The predicted octanol–water partition coefficient (Wildman–Crippen LogP) is 3.50. The van der Waals surface area contributed by atoms with Crippen LogP contribution in [0.5, 0.6) is 0 Å². The van der Waals surface area contributed by atoms with Crippen molar-refractivity contribution in [2.45, 2.75) is 63.7 Å². The molecule has 1 aliphatic carbocycles. The molecule has 1 saturated carbocycles. The van der Waals surface area contributed by atoms with Crippen LogP contribution in [-0.2, 0) is 0 Å². The van der Waals surface area contributed by atoms with Gasteiger partial charge in [-0.3, -0.25) is 0 Å². The first-order valence-corrected chi connectivity index (χ1v) is 6.26. The highest BCUT2D eigenvalue weighted by Crippen LogP contribution is 2.37. The van der Waals surface area contributed by atoms with Crippen LogP contribution in [0.15, 0.2) is 0 Å². The Kier molecular flexibility index (Phi) is 5.32. The third-order valence-electron chi connectivity index (χ3n) is 3.41. The van der Waals surface area contributed by atoms with Crippen LogP contribution in [0.1, 0.15) is 45.4 Å². The molecule has 0 heterocycles. The zero-order valence-corrected chi connectivity index (χ0v) is 10.2. The summed E-state index contributed by atoms with van der Waals surface area (Å²) in [5.74, 6) is 1.54. The van der Waals surface area contributed by atoms with Gasteiger partial charge >= 0.3 is 6.18 Å². The highest BCUT2D eigenvalue weighted by atomic mass is 19.4. The van der Waals surface area contributed by atoms with Crippen LogP contribution in [-0.4, -0.2) is 18.3 Å². The minimum Gasteiger partial charge on any atom is -0.301 e. The Bertz CT molecular complexity index is 259. The number of alkyl halides is 3. The lowest BCUT2D eigenvalue weighted by Gasteiger charge is -2.31. The third-order valence-corrected chi connectivity index (χ3v) is 3.41. The number of nitrogens with one attached hydrogen (secondary N) is 1. The van der Waals surface area contributed by atoms with Gasteiger partial charge in [0.1, 0.15) is 0 Å². The first-order valence-electron chi connectivity index (χ1n) is 6.26. The van der Waals surface area contributed by atoms with Crippen LogP contribution in [0, 0.1) is 18.3 Å². The summed E-state index contributed by atoms with van der Waals surface area (Å²) in [6.45, 7) is 2.05. The molecule has 1 fully saturated rings. The summed E-state index contributed by atoms with van der Waals surface area (Å²) >= 11 is 0. The molecule has 0 aromatic heterocycles. The predicted molar refractivity (Wildman–Crippen MR) is 62.5 cm³/mol. The van der Waals surface area contributed by atoms with Gasteiger partial charge < -0.3 is 5.32 Å². The second-order valence-corrected chi connectivity index (χ2v) is 4.76. The highest BCUT2D eigenvalue weighted by Gasteiger charge is 2.41. The van der Waals surface area contributed by atoms with Crippen LogP contribution < -0.4 is 5.32 Å². The maximum Gasteiger partial charge on any atom is 0.391 e. The van der Waals surface area contributed by atoms with E-state index in [1.165, 1.54) is 0 Å². The van der Waals surface area contributed by atoms with Crippen molar-refractivity contribution in [3.8, 4) is 12.3 Å². The Morgan fingerprint density at radius 3 is 2.29 bits per heavy atom. The molecule has 0 amide bonds. The smallest absolute Gasteiger partial charge is 0.301 e. The van der Waals surface area contributed by atoms with Gasteiger partial charge in [0.2, 0.25) is 0 Å². The summed E-state index contributed by atoms with van der Waals surface area (Å²) in [6, 6.07) is 0.161. The molecule has 0 aromatic carbocycles. The lowest BCUT2D eigenvalue weighted by molar-refractivity contribution is -0.182. The fraction of sp³-hybridized carbons (Fsp3) is 0.846. The lowest BCUT2D eigenvalue weighted by Crippen LogP contribution is -2.41. The van der Waals surface area contributed by atoms with Gasteiger partial charge in [-0.15, -0.1) is 6.42 Å². The van der Waals surface area contributed by atoms with Gasteiger partial charge in [0.15, 0.2) is 0 Å². The Balaban J connectivity index is 2.35. The maximum atomic E-state index is 12.5. The second kappa shape index (κ2) is 6.30. The molecule has 0 spiro atoms. The van der Waals surface area contributed by atoms with Crippen LogP contribution in [0.3, 0.4) is 0 Å². The summed E-state index contributed by atoms with van der Waals surface area (Å²) in [7, 11) is 0. The van der Waals surface area contributed by atoms with Crippen molar-refractivity contribution in [1.29, 1.82) is 0 Å². The number of rotatable bonds is 4. The topological polar surface area (TPSA) is 12.0 Å². The van der Waals surface area contributed by atoms with E-state index >= 15 is 0 Å². The van der Waals surface area contributed by atoms with Gasteiger partial charge in [0.25, 0.3) is 0 Å². The summed E-state index contributed by atoms with van der Waals surface area (Å²) < 4.78 is 37.4. The zero-order valence-electron chi connectivity index (χ0n) is 10.2. The quantitative estimate of drug-likeness (QED) is 0.750. The summed E-state index contributed by atoms with van der Waals surface area (Å²) in [5, 5.41) is 3.28. The van der Waals surface area contributed by atoms with Crippen molar-refractivity contribution in [1.82, 2.24) is 5.32 Å². The summed E-state index contributed by atoms with van der Waals surface area (Å²) in [6.07, 6.45) is 4.83. The van der Waals surface area contributed by atoms with Crippen molar-refractivity contribution < 1.29 is 13.2 Å². The molecule has 0 saturated heterocycles. The fourth-order valence-electron chi connectivity index (χ4n) is 2.38. The molecule has 0 aliphatic heterocycles. The average molecular weight is 247 g/mol. The van der Waals surface area contributed by atoms with E-state index in [0.717, 1.165) is 12.8 Å². The molecule has 0 bridgehead atoms. The van der Waals surface area contributed by atoms with E-state index in [1.54, 1.807) is 0 Å². The third kappa shape index (κ3) is 4.59. The van der Waals surface area contributed by atoms with Crippen molar-refractivity contribution in [3.05, 3.63) is 0 Å². The molecule has 4 heteroatoms. The fourth-order valence-corrected chi connectivity index (χ4v) is 2.38. The molecule has 1 unspecified atom stereocenters. The first-order chi connectivity index (χ1) is 7.97. The number of terminal acetylenes is 1. The molecule has 98 valence electrons. The van der Waals surface area contributed by atoms with Crippen molar-refractivity contribution >= 4 is 0 Å². The van der Waals surface area contributed by atoms with Gasteiger partial charge in [0, 0.05) is 6.04 Å². The average Bonchev–Trinajstić information content (AvgIpc) is 2.28. The van der Waals surface area contributed by atoms with Gasteiger partial charge in [0.05, 0.1) is 12.0 Å². The van der Waals surface area contributed by atoms with Gasteiger partial charge in [-0.2, -0.15) is 13.2 Å². The van der Waals surface area contributed by atoms with Crippen LogP contribution in [0.25, 0.3) is 0 Å². The van der Waals surface area contributed by atoms with Crippen LogP contribution >= 0.6 is 0 Å². The molecular weight excluding hydrogens is 227 g/mol. The molecule has 1 atom stereocenters. The largest absolute Gasteiger partial charge is 0.391 e. The number of hydrogen-bond acceptors (Lipinski definition) is 1. The first kappa shape index (κ1) is 14.4. The van der Waals surface area contributed by atoms with Gasteiger partial charge in [-0.25, -0.2) is 0 Å². The Morgan fingerprint density at radius 1 is 1.29 bits per heavy atom. The zero-order chi connectivity index (χ0) is 12.9. The van der Waals surface area contributed by atoms with E-state index in [9.17, 15) is 13.2 Å². The molecule has 1 nitrogen and oxygen atoms in total. The van der Waals surface area contributed by atoms with E-state index in [-0.39, 0.29) is 24.9 Å². The van der Waals surface area contributed by atoms with E-state index < -0.39 is 12.1 Å². The summed E-state index contributed by atoms with van der Waals surface area (Å²) in [5.41, 5.74) is 0. The van der Waals surface area contributed by atoms with E-state index in [2.05, 4.69) is 11.2 Å². The standard InChI is InChI=1S/C13H20F3N/c1-3-5-11(4-2)17-12-8-6-10(7-9-12)13(14,15)16/h2,10-12,17H,3,5-9H2,1H3. The minimum atomic E-state index is -4.03. The van der Waals surface area contributed by atoms with E-state index in [0.29, 0.717) is 12.8 Å². The molecule has 1 N–H and O–H groups in total. The molecule has 0 aromatic rings. The molecule has 1 aliphatic rings. The SMILES string of the molecule is C#CC(CCC)NC1CCC(C(F)(F)F)CC1. The highest BCUT2D eigenvalue weighted by molar-refractivity contribution is 5.00. The maximum absolute atomic E-state index is 12.5. The number of halogens is 3. The Hall–Kier alpha value is -0.690. The monoisotopic (exact) mass is 247 g/mol. The van der Waals surface area contributed by atoms with Crippen molar-refractivity contribution in [3.63, 3.8) is 0 Å². The van der Waals surface area contributed by atoms with E-state index in [1.807, 2.05) is 6.92 Å². The Labute approximate surface area is 101 Å². The van der Waals surface area contributed by atoms with Gasteiger partial charge in [-0.05, 0) is 32.1 Å². The minimum absolute atomic E-state index is 0.00689. The molecule has 17 heavy (non-hydrogen) atoms. The number of hydrogen-bond donors (Lipinski definition) is 1.